The highest BCUT2D eigenvalue weighted by Crippen LogP contribution is 2.26. The highest BCUT2D eigenvalue weighted by Gasteiger charge is 2.13. The lowest BCUT2D eigenvalue weighted by Crippen LogP contribution is -2.13. The number of nitrogens with one attached hydrogen (secondary N) is 1. The molecule has 0 spiro atoms. The summed E-state index contributed by atoms with van der Waals surface area (Å²) in [5, 5.41) is 3.40. The van der Waals surface area contributed by atoms with Crippen LogP contribution in [-0.4, -0.2) is 5.91 Å². The van der Waals surface area contributed by atoms with Crippen LogP contribution in [0.4, 0.5) is 5.69 Å². The van der Waals surface area contributed by atoms with Crippen molar-refractivity contribution >= 4 is 23.2 Å². The van der Waals surface area contributed by atoms with E-state index in [0.29, 0.717) is 16.3 Å². The first kappa shape index (κ1) is 15.3. The minimum atomic E-state index is -0.172. The maximum atomic E-state index is 12.7. The molecule has 0 heterocycles. The van der Waals surface area contributed by atoms with Gasteiger partial charge in [0.2, 0.25) is 0 Å². The normalized spacial score (nSPS) is 10.3. The lowest BCUT2D eigenvalue weighted by molar-refractivity contribution is 0.102. The molecule has 0 saturated carbocycles. The number of anilines is 1. The van der Waals surface area contributed by atoms with E-state index in [-0.39, 0.29) is 5.91 Å². The van der Waals surface area contributed by atoms with Gasteiger partial charge in [-0.2, -0.15) is 0 Å². The fourth-order valence-corrected chi connectivity index (χ4v) is 2.60. The molecule has 0 aromatic heterocycles. The first-order valence-electron chi connectivity index (χ1n) is 7.37. The Morgan fingerprint density at radius 2 is 1.52 bits per heavy atom. The van der Waals surface area contributed by atoms with Crippen LogP contribution in [0.25, 0.3) is 11.1 Å². The van der Waals surface area contributed by atoms with E-state index in [2.05, 4.69) is 5.32 Å². The maximum Gasteiger partial charge on any atom is 0.256 e. The molecule has 0 saturated heterocycles. The van der Waals surface area contributed by atoms with Crippen LogP contribution < -0.4 is 5.32 Å². The predicted octanol–water partition coefficient (Wildman–Crippen LogP) is 5.57. The van der Waals surface area contributed by atoms with Gasteiger partial charge in [-0.15, -0.1) is 0 Å². The van der Waals surface area contributed by atoms with Crippen molar-refractivity contribution in [2.45, 2.75) is 6.92 Å². The summed E-state index contributed by atoms with van der Waals surface area (Å²) >= 11 is 6.12. The minimum Gasteiger partial charge on any atom is -0.321 e. The molecule has 0 unspecified atom stereocenters. The zero-order valence-electron chi connectivity index (χ0n) is 12.7. The highest BCUT2D eigenvalue weighted by molar-refractivity contribution is 6.34. The van der Waals surface area contributed by atoms with Gasteiger partial charge in [0.25, 0.3) is 5.91 Å². The molecule has 23 heavy (non-hydrogen) atoms. The number of carbonyl (C=O) groups excluding carboxylic acids is 1. The fourth-order valence-electron chi connectivity index (χ4n) is 2.42. The Hall–Kier alpha value is -2.58. The SMILES string of the molecule is Cc1ccc(-c2ccccc2C(=O)Nc2ccccc2Cl)cc1. The molecule has 0 fully saturated rings. The quantitative estimate of drug-likeness (QED) is 0.671. The number of rotatable bonds is 3. The zero-order chi connectivity index (χ0) is 16.2. The molecule has 0 aliphatic rings. The Balaban J connectivity index is 1.95. The number of carbonyl (C=O) groups is 1. The largest absolute Gasteiger partial charge is 0.321 e. The second kappa shape index (κ2) is 6.67. The van der Waals surface area contributed by atoms with Crippen LogP contribution in [0.15, 0.2) is 72.8 Å². The average Bonchev–Trinajstić information content (AvgIpc) is 2.58. The summed E-state index contributed by atoms with van der Waals surface area (Å²) in [6.45, 7) is 2.04. The summed E-state index contributed by atoms with van der Waals surface area (Å²) in [6.07, 6.45) is 0. The van der Waals surface area contributed by atoms with E-state index in [1.807, 2.05) is 67.6 Å². The molecule has 1 N–H and O–H groups in total. The van der Waals surface area contributed by atoms with Crippen molar-refractivity contribution in [1.82, 2.24) is 0 Å². The molecule has 3 aromatic carbocycles. The van der Waals surface area contributed by atoms with Gasteiger partial charge in [0.1, 0.15) is 0 Å². The van der Waals surface area contributed by atoms with Gasteiger partial charge in [-0.25, -0.2) is 0 Å². The molecular weight excluding hydrogens is 306 g/mol. The van der Waals surface area contributed by atoms with E-state index < -0.39 is 0 Å². The number of aryl methyl sites for hydroxylation is 1. The molecule has 114 valence electrons. The van der Waals surface area contributed by atoms with E-state index in [1.165, 1.54) is 5.56 Å². The van der Waals surface area contributed by atoms with Crippen molar-refractivity contribution in [2.24, 2.45) is 0 Å². The van der Waals surface area contributed by atoms with Crippen molar-refractivity contribution in [3.63, 3.8) is 0 Å². The van der Waals surface area contributed by atoms with Gasteiger partial charge in [0.05, 0.1) is 10.7 Å². The van der Waals surface area contributed by atoms with Gasteiger partial charge >= 0.3 is 0 Å². The molecule has 0 aliphatic carbocycles. The molecule has 2 nitrogen and oxygen atoms in total. The molecule has 0 bridgehead atoms. The van der Waals surface area contributed by atoms with Crippen LogP contribution in [-0.2, 0) is 0 Å². The van der Waals surface area contributed by atoms with E-state index in [4.69, 9.17) is 11.6 Å². The standard InChI is InChI=1S/C20H16ClNO/c1-14-10-12-15(13-11-14)16-6-2-3-7-17(16)20(23)22-19-9-5-4-8-18(19)21/h2-13H,1H3,(H,22,23). The van der Waals surface area contributed by atoms with Crippen molar-refractivity contribution in [3.05, 3.63) is 88.9 Å². The van der Waals surface area contributed by atoms with Crippen LogP contribution in [0, 0.1) is 6.92 Å². The molecular formula is C20H16ClNO. The third-order valence-electron chi connectivity index (χ3n) is 3.66. The molecule has 3 rings (SSSR count). The number of hydrogen-bond donors (Lipinski definition) is 1. The number of amides is 1. The maximum absolute atomic E-state index is 12.7. The number of hydrogen-bond acceptors (Lipinski definition) is 1. The lowest BCUT2D eigenvalue weighted by Gasteiger charge is -2.11. The van der Waals surface area contributed by atoms with Gasteiger partial charge in [-0.1, -0.05) is 71.8 Å². The molecule has 3 aromatic rings. The molecule has 0 atom stereocenters. The van der Waals surface area contributed by atoms with E-state index in [1.54, 1.807) is 12.1 Å². The minimum absolute atomic E-state index is 0.172. The monoisotopic (exact) mass is 321 g/mol. The van der Waals surface area contributed by atoms with Crippen molar-refractivity contribution in [1.29, 1.82) is 0 Å². The molecule has 0 radical (unpaired) electrons. The van der Waals surface area contributed by atoms with Gasteiger partial charge in [0.15, 0.2) is 0 Å². The van der Waals surface area contributed by atoms with Crippen LogP contribution in [0.3, 0.4) is 0 Å². The summed E-state index contributed by atoms with van der Waals surface area (Å²) in [7, 11) is 0. The Morgan fingerprint density at radius 1 is 0.870 bits per heavy atom. The molecule has 0 aliphatic heterocycles. The molecule has 1 amide bonds. The van der Waals surface area contributed by atoms with Gasteiger partial charge in [-0.3, -0.25) is 4.79 Å². The second-order valence-electron chi connectivity index (χ2n) is 5.35. The lowest BCUT2D eigenvalue weighted by atomic mass is 9.98. The van der Waals surface area contributed by atoms with Gasteiger partial charge < -0.3 is 5.32 Å². The Morgan fingerprint density at radius 3 is 2.26 bits per heavy atom. The Kier molecular flexibility index (Phi) is 4.45. The third-order valence-corrected chi connectivity index (χ3v) is 3.99. The highest BCUT2D eigenvalue weighted by atomic mass is 35.5. The van der Waals surface area contributed by atoms with E-state index in [0.717, 1.165) is 11.1 Å². The number of benzene rings is 3. The summed E-state index contributed by atoms with van der Waals surface area (Å²) < 4.78 is 0. The Bertz CT molecular complexity index is 840. The summed E-state index contributed by atoms with van der Waals surface area (Å²) in [5.41, 5.74) is 4.33. The first-order chi connectivity index (χ1) is 11.1. The topological polar surface area (TPSA) is 29.1 Å². The van der Waals surface area contributed by atoms with Crippen molar-refractivity contribution in [3.8, 4) is 11.1 Å². The van der Waals surface area contributed by atoms with Crippen LogP contribution in [0.5, 0.6) is 0 Å². The van der Waals surface area contributed by atoms with Gasteiger partial charge in [-0.05, 0) is 36.2 Å². The number of halogens is 1. The summed E-state index contributed by atoms with van der Waals surface area (Å²) in [5.74, 6) is -0.172. The number of para-hydroxylation sites is 1. The van der Waals surface area contributed by atoms with Crippen LogP contribution in [0.1, 0.15) is 15.9 Å². The van der Waals surface area contributed by atoms with Crippen molar-refractivity contribution < 1.29 is 4.79 Å². The van der Waals surface area contributed by atoms with E-state index >= 15 is 0 Å². The summed E-state index contributed by atoms with van der Waals surface area (Å²) in [6, 6.07) is 22.9. The first-order valence-corrected chi connectivity index (χ1v) is 7.75. The zero-order valence-corrected chi connectivity index (χ0v) is 13.5. The fraction of sp³-hybridized carbons (Fsp3) is 0.0500. The predicted molar refractivity (Wildman–Crippen MR) is 96.0 cm³/mol. The Labute approximate surface area is 140 Å². The van der Waals surface area contributed by atoms with Crippen LogP contribution >= 0.6 is 11.6 Å². The van der Waals surface area contributed by atoms with Crippen LogP contribution in [0.2, 0.25) is 5.02 Å². The van der Waals surface area contributed by atoms with Gasteiger partial charge in [0, 0.05) is 5.56 Å². The molecule has 3 heteroatoms. The summed E-state index contributed by atoms with van der Waals surface area (Å²) in [4.78, 5) is 12.7. The smallest absolute Gasteiger partial charge is 0.256 e. The van der Waals surface area contributed by atoms with Crippen molar-refractivity contribution in [2.75, 3.05) is 5.32 Å². The third kappa shape index (κ3) is 3.43. The second-order valence-corrected chi connectivity index (χ2v) is 5.75. The van der Waals surface area contributed by atoms with E-state index in [9.17, 15) is 4.79 Å². The average molecular weight is 322 g/mol.